The van der Waals surface area contributed by atoms with Gasteiger partial charge in [0.15, 0.2) is 5.43 Å². The number of halogens is 1. The van der Waals surface area contributed by atoms with E-state index in [0.717, 1.165) is 20.3 Å². The van der Waals surface area contributed by atoms with Crippen molar-refractivity contribution in [3.05, 3.63) is 57.7 Å². The van der Waals surface area contributed by atoms with Gasteiger partial charge in [0.1, 0.15) is 5.82 Å². The third kappa shape index (κ3) is 2.41. The lowest BCUT2D eigenvalue weighted by Gasteiger charge is -2.11. The fraction of sp³-hybridized carbons (Fsp3) is 0.111. The summed E-state index contributed by atoms with van der Waals surface area (Å²) >= 11 is 7.57. The lowest BCUT2D eigenvalue weighted by Crippen LogP contribution is -2.09. The number of aliphatic hydroxyl groups excluding tert-OH is 1. The minimum absolute atomic E-state index is 0.00586. The van der Waals surface area contributed by atoms with E-state index in [2.05, 4.69) is 10.3 Å². The average molecular weight is 357 g/mol. The first-order valence-electron chi connectivity index (χ1n) is 7.48. The molecule has 6 heteroatoms. The normalized spacial score (nSPS) is 11.4. The molecule has 2 aromatic heterocycles. The molecule has 2 heterocycles. The van der Waals surface area contributed by atoms with Crippen molar-refractivity contribution in [1.29, 1.82) is 0 Å². The van der Waals surface area contributed by atoms with Crippen LogP contribution in [0.1, 0.15) is 0 Å². The molecule has 0 aliphatic rings. The average Bonchev–Trinajstić information content (AvgIpc) is 2.60. The summed E-state index contributed by atoms with van der Waals surface area (Å²) in [6, 6.07) is 12.9. The summed E-state index contributed by atoms with van der Waals surface area (Å²) in [5.41, 5.74) is 0.697. The minimum Gasteiger partial charge on any atom is -0.395 e. The zero-order valence-corrected chi connectivity index (χ0v) is 14.1. The molecule has 0 spiro atoms. The molecule has 24 heavy (non-hydrogen) atoms. The molecule has 0 radical (unpaired) electrons. The van der Waals surface area contributed by atoms with Gasteiger partial charge in [-0.2, -0.15) is 0 Å². The van der Waals surface area contributed by atoms with E-state index < -0.39 is 0 Å². The molecule has 0 amide bonds. The highest BCUT2D eigenvalue weighted by Gasteiger charge is 2.14. The molecule has 0 bridgehead atoms. The van der Waals surface area contributed by atoms with E-state index in [1.807, 2.05) is 30.3 Å². The number of hydrogen-bond donors (Lipinski definition) is 2. The maximum atomic E-state index is 13.1. The largest absolute Gasteiger partial charge is 0.395 e. The van der Waals surface area contributed by atoms with Crippen molar-refractivity contribution in [2.24, 2.45) is 0 Å². The van der Waals surface area contributed by atoms with Crippen LogP contribution in [0.15, 0.2) is 47.3 Å². The molecule has 0 fully saturated rings. The lowest BCUT2D eigenvalue weighted by atomic mass is 10.1. The van der Waals surface area contributed by atoms with Crippen molar-refractivity contribution in [3.63, 3.8) is 0 Å². The maximum absolute atomic E-state index is 13.1. The van der Waals surface area contributed by atoms with Gasteiger partial charge in [-0.15, -0.1) is 11.3 Å². The summed E-state index contributed by atoms with van der Waals surface area (Å²) in [4.78, 5) is 17.8. The van der Waals surface area contributed by atoms with Crippen LogP contribution in [0.3, 0.4) is 0 Å². The molecule has 2 N–H and O–H groups in total. The molecule has 0 atom stereocenters. The Labute approximate surface area is 146 Å². The smallest absolute Gasteiger partial charge is 0.196 e. The van der Waals surface area contributed by atoms with E-state index in [1.165, 1.54) is 11.3 Å². The number of nitrogens with one attached hydrogen (secondary N) is 1. The third-order valence-electron chi connectivity index (χ3n) is 3.88. The molecule has 4 aromatic rings. The number of hydrogen-bond acceptors (Lipinski definition) is 5. The van der Waals surface area contributed by atoms with Crippen LogP contribution in [0.25, 0.3) is 31.1 Å². The number of fused-ring (bicyclic) bond motifs is 4. The summed E-state index contributed by atoms with van der Waals surface area (Å²) < 4.78 is 1.66. The fourth-order valence-electron chi connectivity index (χ4n) is 2.83. The van der Waals surface area contributed by atoms with Gasteiger partial charge in [0.05, 0.1) is 22.2 Å². The number of para-hydroxylation sites is 1. The Bertz CT molecular complexity index is 1140. The van der Waals surface area contributed by atoms with Crippen molar-refractivity contribution >= 4 is 59.8 Å². The minimum atomic E-state index is -0.0492. The number of aromatic nitrogens is 1. The number of aliphatic hydroxyl groups is 1. The number of rotatable bonds is 3. The van der Waals surface area contributed by atoms with Crippen LogP contribution >= 0.6 is 22.9 Å². The van der Waals surface area contributed by atoms with E-state index in [-0.39, 0.29) is 12.0 Å². The van der Waals surface area contributed by atoms with Crippen LogP contribution in [0, 0.1) is 0 Å². The maximum Gasteiger partial charge on any atom is 0.196 e. The van der Waals surface area contributed by atoms with Gasteiger partial charge in [-0.1, -0.05) is 29.8 Å². The molecular weight excluding hydrogens is 344 g/mol. The molecule has 4 nitrogen and oxygen atoms in total. The first kappa shape index (κ1) is 15.3. The predicted molar refractivity (Wildman–Crippen MR) is 101 cm³/mol. The monoisotopic (exact) mass is 356 g/mol. The van der Waals surface area contributed by atoms with Crippen LogP contribution < -0.4 is 10.7 Å². The van der Waals surface area contributed by atoms with Gasteiger partial charge in [0.2, 0.25) is 0 Å². The molecule has 0 aliphatic carbocycles. The van der Waals surface area contributed by atoms with Crippen LogP contribution in [0.4, 0.5) is 5.82 Å². The Kier molecular flexibility index (Phi) is 3.84. The Morgan fingerprint density at radius 3 is 2.83 bits per heavy atom. The number of benzene rings is 2. The Morgan fingerprint density at radius 2 is 2.00 bits per heavy atom. The fourth-order valence-corrected chi connectivity index (χ4v) is 4.14. The molecule has 120 valence electrons. The third-order valence-corrected chi connectivity index (χ3v) is 5.29. The number of anilines is 1. The molecular formula is C18H13ClN2O2S. The van der Waals surface area contributed by atoms with Crippen LogP contribution in [0.5, 0.6) is 0 Å². The molecule has 0 aliphatic heterocycles. The Morgan fingerprint density at radius 1 is 1.17 bits per heavy atom. The predicted octanol–water partition coefficient (Wildman–Crippen LogP) is 4.02. The Hall–Kier alpha value is -2.21. The summed E-state index contributed by atoms with van der Waals surface area (Å²) in [5.74, 6) is 0.622. The highest BCUT2D eigenvalue weighted by atomic mass is 35.5. The first-order chi connectivity index (χ1) is 11.7. The second kappa shape index (κ2) is 6.02. The van der Waals surface area contributed by atoms with Gasteiger partial charge in [-0.25, -0.2) is 4.98 Å². The molecule has 2 aromatic carbocycles. The molecule has 0 unspecified atom stereocenters. The summed E-state index contributed by atoms with van der Waals surface area (Å²) in [5, 5.41) is 14.8. The second-order valence-corrected chi connectivity index (χ2v) is 6.89. The van der Waals surface area contributed by atoms with E-state index >= 15 is 0 Å². The van der Waals surface area contributed by atoms with E-state index in [1.54, 1.807) is 12.1 Å². The SMILES string of the molecule is O=c1c2cc(Cl)ccc2sc2c(NCCO)nc3ccccc3c12. The molecule has 0 saturated heterocycles. The lowest BCUT2D eigenvalue weighted by molar-refractivity contribution is 0.311. The second-order valence-electron chi connectivity index (χ2n) is 5.40. The van der Waals surface area contributed by atoms with E-state index in [0.29, 0.717) is 28.2 Å². The van der Waals surface area contributed by atoms with E-state index in [4.69, 9.17) is 16.7 Å². The van der Waals surface area contributed by atoms with Gasteiger partial charge < -0.3 is 10.4 Å². The first-order valence-corrected chi connectivity index (χ1v) is 8.68. The number of pyridine rings is 1. The molecule has 0 saturated carbocycles. The highest BCUT2D eigenvalue weighted by Crippen LogP contribution is 2.34. The quantitative estimate of drug-likeness (QED) is 0.430. The summed E-state index contributed by atoms with van der Waals surface area (Å²) in [7, 11) is 0. The topological polar surface area (TPSA) is 62.2 Å². The van der Waals surface area contributed by atoms with Crippen molar-refractivity contribution in [3.8, 4) is 0 Å². The van der Waals surface area contributed by atoms with Crippen molar-refractivity contribution in [2.45, 2.75) is 0 Å². The van der Waals surface area contributed by atoms with Gasteiger partial charge in [-0.3, -0.25) is 4.79 Å². The standard InChI is InChI=1S/C18H13ClN2O2S/c19-10-5-6-14-12(9-10)16(23)15-11-3-1-2-4-13(11)21-18(17(15)24-14)20-7-8-22/h1-6,9,22H,7-8H2,(H,20,21). The van der Waals surface area contributed by atoms with E-state index in [9.17, 15) is 4.79 Å². The van der Waals surface area contributed by atoms with Gasteiger partial charge >= 0.3 is 0 Å². The molecule has 4 rings (SSSR count). The van der Waals surface area contributed by atoms with Crippen molar-refractivity contribution in [1.82, 2.24) is 4.98 Å². The van der Waals surface area contributed by atoms with Crippen LogP contribution in [-0.2, 0) is 0 Å². The van der Waals surface area contributed by atoms with Gasteiger partial charge in [-0.05, 0) is 24.3 Å². The Balaban J connectivity index is 2.21. The zero-order valence-electron chi connectivity index (χ0n) is 12.5. The highest BCUT2D eigenvalue weighted by molar-refractivity contribution is 7.25. The van der Waals surface area contributed by atoms with Crippen LogP contribution in [0.2, 0.25) is 5.02 Å². The van der Waals surface area contributed by atoms with Crippen LogP contribution in [-0.4, -0.2) is 23.2 Å². The summed E-state index contributed by atoms with van der Waals surface area (Å²) in [6.07, 6.45) is 0. The van der Waals surface area contributed by atoms with Gasteiger partial charge in [0, 0.05) is 27.0 Å². The van der Waals surface area contributed by atoms with Crippen molar-refractivity contribution in [2.75, 3.05) is 18.5 Å². The summed E-state index contributed by atoms with van der Waals surface area (Å²) in [6.45, 7) is 0.369. The van der Waals surface area contributed by atoms with Crippen molar-refractivity contribution < 1.29 is 5.11 Å². The zero-order chi connectivity index (χ0) is 16.7. The van der Waals surface area contributed by atoms with Gasteiger partial charge in [0.25, 0.3) is 0 Å². The number of nitrogens with zero attached hydrogens (tertiary/aromatic N) is 1.